The monoisotopic (exact) mass is 301 g/mol. The average molecular weight is 301 g/mol. The smallest absolute Gasteiger partial charge is 0.311 e. The zero-order valence-corrected chi connectivity index (χ0v) is 12.8. The molecule has 0 saturated carbocycles. The van der Waals surface area contributed by atoms with Gasteiger partial charge >= 0.3 is 5.69 Å². The van der Waals surface area contributed by atoms with Crippen molar-refractivity contribution in [3.8, 4) is 5.75 Å². The lowest BCUT2D eigenvalue weighted by atomic mass is 9.97. The van der Waals surface area contributed by atoms with Crippen molar-refractivity contribution >= 4 is 5.69 Å². The summed E-state index contributed by atoms with van der Waals surface area (Å²) < 4.78 is 4.97. The molecule has 0 aromatic heterocycles. The molecule has 0 radical (unpaired) electrons. The number of ether oxygens (including phenoxy) is 1. The summed E-state index contributed by atoms with van der Waals surface area (Å²) in [5.74, 6) is 0.587. The van der Waals surface area contributed by atoms with Crippen molar-refractivity contribution in [2.24, 2.45) is 0 Å². The first-order chi connectivity index (χ1) is 10.4. The summed E-state index contributed by atoms with van der Waals surface area (Å²) in [6.07, 6.45) is -0.911. The molecule has 0 heterocycles. The molecule has 2 rings (SSSR count). The zero-order valence-electron chi connectivity index (χ0n) is 12.8. The molecule has 0 saturated heterocycles. The Balaban J connectivity index is 2.34. The van der Waals surface area contributed by atoms with Gasteiger partial charge in [-0.05, 0) is 28.7 Å². The average Bonchev–Trinajstić information content (AvgIpc) is 2.53. The van der Waals surface area contributed by atoms with E-state index in [1.54, 1.807) is 6.07 Å². The molecule has 1 unspecified atom stereocenters. The molecule has 22 heavy (non-hydrogen) atoms. The molecule has 0 aliphatic heterocycles. The van der Waals surface area contributed by atoms with Crippen molar-refractivity contribution in [1.82, 2.24) is 0 Å². The molecule has 5 heteroatoms. The number of hydrogen-bond donors (Lipinski definition) is 1. The Bertz CT molecular complexity index is 665. The van der Waals surface area contributed by atoms with Crippen LogP contribution in [0.5, 0.6) is 5.75 Å². The molecular weight excluding hydrogens is 282 g/mol. The van der Waals surface area contributed by atoms with Crippen LogP contribution in [0, 0.1) is 10.1 Å². The summed E-state index contributed by atoms with van der Waals surface area (Å²) >= 11 is 0. The minimum Gasteiger partial charge on any atom is -0.490 e. The number of nitro groups is 1. The van der Waals surface area contributed by atoms with Crippen LogP contribution in [0.2, 0.25) is 0 Å². The van der Waals surface area contributed by atoms with E-state index >= 15 is 0 Å². The molecule has 1 N–H and O–H groups in total. The van der Waals surface area contributed by atoms with Gasteiger partial charge in [0.1, 0.15) is 6.10 Å². The van der Waals surface area contributed by atoms with Crippen LogP contribution < -0.4 is 4.74 Å². The Morgan fingerprint density at radius 2 is 1.59 bits per heavy atom. The van der Waals surface area contributed by atoms with E-state index in [1.165, 1.54) is 24.8 Å². The van der Waals surface area contributed by atoms with Crippen molar-refractivity contribution in [1.29, 1.82) is 0 Å². The van der Waals surface area contributed by atoms with Crippen LogP contribution in [0.25, 0.3) is 0 Å². The van der Waals surface area contributed by atoms with Gasteiger partial charge in [-0.1, -0.05) is 44.2 Å². The first-order valence-electron chi connectivity index (χ1n) is 7.04. The Labute approximate surface area is 129 Å². The molecule has 0 spiro atoms. The van der Waals surface area contributed by atoms with Gasteiger partial charge in [-0.15, -0.1) is 0 Å². The third kappa shape index (κ3) is 3.26. The Hall–Kier alpha value is -2.40. The quantitative estimate of drug-likeness (QED) is 0.673. The molecule has 0 aliphatic rings. The van der Waals surface area contributed by atoms with Gasteiger partial charge in [0.25, 0.3) is 0 Å². The molecule has 2 aromatic rings. The highest BCUT2D eigenvalue weighted by atomic mass is 16.6. The number of aliphatic hydroxyl groups is 1. The van der Waals surface area contributed by atoms with Gasteiger partial charge in [0.2, 0.25) is 0 Å². The molecule has 0 fully saturated rings. The van der Waals surface area contributed by atoms with Gasteiger partial charge in [-0.3, -0.25) is 10.1 Å². The maximum atomic E-state index is 11.1. The van der Waals surface area contributed by atoms with Gasteiger partial charge < -0.3 is 9.84 Å². The predicted molar refractivity (Wildman–Crippen MR) is 84.2 cm³/mol. The van der Waals surface area contributed by atoms with Crippen LogP contribution in [0.15, 0.2) is 42.5 Å². The summed E-state index contributed by atoms with van der Waals surface area (Å²) in [5, 5.41) is 21.5. The fourth-order valence-electron chi connectivity index (χ4n) is 2.28. The molecule has 0 aliphatic carbocycles. The summed E-state index contributed by atoms with van der Waals surface area (Å²) in [7, 11) is 1.38. The summed E-state index contributed by atoms with van der Waals surface area (Å²) in [6.45, 7) is 4.19. The topological polar surface area (TPSA) is 72.6 Å². The second-order valence-corrected chi connectivity index (χ2v) is 5.41. The lowest BCUT2D eigenvalue weighted by Gasteiger charge is -2.14. The van der Waals surface area contributed by atoms with Crippen LogP contribution in [0.3, 0.4) is 0 Å². The third-order valence-electron chi connectivity index (χ3n) is 3.63. The lowest BCUT2D eigenvalue weighted by Crippen LogP contribution is -2.02. The normalized spacial score (nSPS) is 12.2. The van der Waals surface area contributed by atoms with Gasteiger partial charge in [0.05, 0.1) is 12.0 Å². The van der Waals surface area contributed by atoms with E-state index in [0.717, 1.165) is 0 Å². The number of benzene rings is 2. The molecular formula is C17H19NO4. The number of nitro benzene ring substituents is 1. The van der Waals surface area contributed by atoms with E-state index in [0.29, 0.717) is 17.0 Å². The molecule has 0 bridgehead atoms. The standard InChI is InChI=1S/C17H19NO4/c1-11(2)12-4-6-13(7-5-12)17(19)14-8-9-16(22-3)15(10-14)18(20)21/h4-11,17,19H,1-3H3. The number of nitrogens with zero attached hydrogens (tertiary/aromatic N) is 1. The lowest BCUT2D eigenvalue weighted by molar-refractivity contribution is -0.385. The number of methoxy groups -OCH3 is 1. The van der Waals surface area contributed by atoms with Gasteiger partial charge in [0, 0.05) is 6.07 Å². The van der Waals surface area contributed by atoms with E-state index in [1.807, 2.05) is 24.3 Å². The first kappa shape index (κ1) is 16.0. The van der Waals surface area contributed by atoms with Crippen LogP contribution in [-0.2, 0) is 0 Å². The van der Waals surface area contributed by atoms with Crippen molar-refractivity contribution in [2.45, 2.75) is 25.9 Å². The minimum atomic E-state index is -0.911. The van der Waals surface area contributed by atoms with Crippen LogP contribution in [0.4, 0.5) is 5.69 Å². The van der Waals surface area contributed by atoms with Crippen molar-refractivity contribution in [2.75, 3.05) is 7.11 Å². The molecule has 0 amide bonds. The molecule has 1 atom stereocenters. The third-order valence-corrected chi connectivity index (χ3v) is 3.63. The second-order valence-electron chi connectivity index (χ2n) is 5.41. The van der Waals surface area contributed by atoms with E-state index in [4.69, 9.17) is 4.74 Å². The van der Waals surface area contributed by atoms with Gasteiger partial charge in [0.15, 0.2) is 5.75 Å². The predicted octanol–water partition coefficient (Wildman–Crippen LogP) is 3.81. The van der Waals surface area contributed by atoms with E-state index in [2.05, 4.69) is 13.8 Å². The van der Waals surface area contributed by atoms with E-state index in [9.17, 15) is 15.2 Å². The molecule has 5 nitrogen and oxygen atoms in total. The summed E-state index contributed by atoms with van der Waals surface area (Å²) in [5.41, 5.74) is 2.18. The highest BCUT2D eigenvalue weighted by Gasteiger charge is 2.19. The van der Waals surface area contributed by atoms with Crippen molar-refractivity contribution in [3.63, 3.8) is 0 Å². The summed E-state index contributed by atoms with van der Waals surface area (Å²) in [4.78, 5) is 10.5. The van der Waals surface area contributed by atoms with Crippen molar-refractivity contribution in [3.05, 3.63) is 69.3 Å². The second kappa shape index (κ2) is 6.58. The van der Waals surface area contributed by atoms with Gasteiger partial charge in [-0.2, -0.15) is 0 Å². The maximum Gasteiger partial charge on any atom is 0.311 e. The molecule has 116 valence electrons. The Kier molecular flexibility index (Phi) is 4.78. The number of hydrogen-bond acceptors (Lipinski definition) is 4. The molecule has 2 aromatic carbocycles. The first-order valence-corrected chi connectivity index (χ1v) is 7.04. The Morgan fingerprint density at radius 3 is 2.09 bits per heavy atom. The number of aliphatic hydroxyl groups excluding tert-OH is 1. The fourth-order valence-corrected chi connectivity index (χ4v) is 2.28. The maximum absolute atomic E-state index is 11.1. The zero-order chi connectivity index (χ0) is 16.3. The minimum absolute atomic E-state index is 0.155. The van der Waals surface area contributed by atoms with E-state index < -0.39 is 11.0 Å². The Morgan fingerprint density at radius 1 is 1.05 bits per heavy atom. The summed E-state index contributed by atoms with van der Waals surface area (Å²) in [6, 6.07) is 12.1. The highest BCUT2D eigenvalue weighted by molar-refractivity contribution is 5.50. The SMILES string of the molecule is COc1ccc(C(O)c2ccc(C(C)C)cc2)cc1[N+](=O)[O-]. The van der Waals surface area contributed by atoms with Crippen LogP contribution >= 0.6 is 0 Å². The van der Waals surface area contributed by atoms with Crippen LogP contribution in [0.1, 0.15) is 42.6 Å². The fraction of sp³-hybridized carbons (Fsp3) is 0.294. The highest BCUT2D eigenvalue weighted by Crippen LogP contribution is 2.32. The van der Waals surface area contributed by atoms with Crippen LogP contribution in [-0.4, -0.2) is 17.1 Å². The largest absolute Gasteiger partial charge is 0.490 e. The number of rotatable bonds is 5. The van der Waals surface area contributed by atoms with E-state index in [-0.39, 0.29) is 11.4 Å². The van der Waals surface area contributed by atoms with Gasteiger partial charge in [-0.25, -0.2) is 0 Å². The van der Waals surface area contributed by atoms with Crippen molar-refractivity contribution < 1.29 is 14.8 Å².